The minimum absolute atomic E-state index is 0.943. The average Bonchev–Trinajstić information content (AvgIpc) is 2.33. The van der Waals surface area contributed by atoms with Crippen molar-refractivity contribution in [1.82, 2.24) is 10.6 Å². The highest BCUT2D eigenvalue weighted by Crippen LogP contribution is 2.21. The normalized spacial score (nSPS) is 42.7. The fourth-order valence-corrected chi connectivity index (χ4v) is 1.94. The van der Waals surface area contributed by atoms with Crippen molar-refractivity contribution in [3.8, 4) is 0 Å². The van der Waals surface area contributed by atoms with Gasteiger partial charge in [0, 0.05) is 0 Å². The molecule has 0 spiro atoms. The van der Waals surface area contributed by atoms with Crippen LogP contribution in [-0.2, 0) is 0 Å². The molecule has 2 nitrogen and oxygen atoms in total. The lowest BCUT2D eigenvalue weighted by Gasteiger charge is -2.24. The van der Waals surface area contributed by atoms with Crippen LogP contribution in [0.1, 0.15) is 6.42 Å². The number of fused-ring (bicyclic) bond motifs is 1. The molecule has 2 atom stereocenters. The van der Waals surface area contributed by atoms with E-state index in [1.165, 1.54) is 32.6 Å². The summed E-state index contributed by atoms with van der Waals surface area (Å²) in [5.74, 6) is 1.94. The van der Waals surface area contributed by atoms with E-state index in [1.54, 1.807) is 0 Å². The Bertz CT molecular complexity index is 91.1. The lowest BCUT2D eigenvalue weighted by Crippen LogP contribution is -2.35. The molecule has 2 aliphatic rings. The Balaban J connectivity index is 1.97. The molecule has 0 aromatic carbocycles. The van der Waals surface area contributed by atoms with Crippen molar-refractivity contribution in [1.29, 1.82) is 0 Å². The molecule has 2 rings (SSSR count). The topological polar surface area (TPSA) is 24.1 Å². The maximum absolute atomic E-state index is 3.42. The van der Waals surface area contributed by atoms with E-state index in [0.717, 1.165) is 11.8 Å². The predicted molar refractivity (Wildman–Crippen MR) is 37.3 cm³/mol. The Morgan fingerprint density at radius 1 is 0.889 bits per heavy atom. The molecule has 0 aromatic rings. The third-order valence-electron chi connectivity index (χ3n) is 2.58. The van der Waals surface area contributed by atoms with Gasteiger partial charge in [-0.1, -0.05) is 0 Å². The van der Waals surface area contributed by atoms with Crippen LogP contribution in [-0.4, -0.2) is 26.2 Å². The van der Waals surface area contributed by atoms with Crippen LogP contribution in [0.15, 0.2) is 0 Å². The van der Waals surface area contributed by atoms with Gasteiger partial charge in [-0.05, 0) is 44.4 Å². The standard InChI is InChI=1S/C7H14N2/c1-2-8-4-7-5-9-3-6(1)7/h6-9H,1-5H2/t6?,7-/m0/s1. The molecule has 0 amide bonds. The third-order valence-corrected chi connectivity index (χ3v) is 2.58. The van der Waals surface area contributed by atoms with Gasteiger partial charge < -0.3 is 10.6 Å². The SMILES string of the molecule is C1CC2CNC[C@@H]2CN1. The van der Waals surface area contributed by atoms with Crippen LogP contribution in [0.2, 0.25) is 0 Å². The first-order chi connectivity index (χ1) is 4.47. The van der Waals surface area contributed by atoms with Crippen molar-refractivity contribution >= 4 is 0 Å². The maximum Gasteiger partial charge on any atom is -0.000511 e. The molecule has 2 heterocycles. The van der Waals surface area contributed by atoms with Crippen molar-refractivity contribution < 1.29 is 0 Å². The number of nitrogens with one attached hydrogen (secondary N) is 2. The summed E-state index contributed by atoms with van der Waals surface area (Å²) in [6.07, 6.45) is 1.39. The van der Waals surface area contributed by atoms with Crippen LogP contribution in [0.5, 0.6) is 0 Å². The predicted octanol–water partition coefficient (Wildman–Crippen LogP) is -0.185. The van der Waals surface area contributed by atoms with Gasteiger partial charge in [-0.15, -0.1) is 0 Å². The summed E-state index contributed by atoms with van der Waals surface area (Å²) in [6, 6.07) is 0. The van der Waals surface area contributed by atoms with Gasteiger partial charge in [0.05, 0.1) is 0 Å². The van der Waals surface area contributed by atoms with Gasteiger partial charge in [0.2, 0.25) is 0 Å². The molecule has 52 valence electrons. The molecule has 0 bridgehead atoms. The molecular weight excluding hydrogens is 112 g/mol. The molecular formula is C7H14N2. The van der Waals surface area contributed by atoms with E-state index >= 15 is 0 Å². The van der Waals surface area contributed by atoms with Crippen LogP contribution in [0.3, 0.4) is 0 Å². The molecule has 2 aliphatic heterocycles. The van der Waals surface area contributed by atoms with Gasteiger partial charge in [0.15, 0.2) is 0 Å². The van der Waals surface area contributed by atoms with Gasteiger partial charge in [-0.25, -0.2) is 0 Å². The number of hydrogen-bond acceptors (Lipinski definition) is 2. The van der Waals surface area contributed by atoms with Crippen molar-refractivity contribution in [3.63, 3.8) is 0 Å². The number of rotatable bonds is 0. The molecule has 2 fully saturated rings. The smallest absolute Gasteiger partial charge is 0.000511 e. The van der Waals surface area contributed by atoms with Crippen LogP contribution in [0.4, 0.5) is 0 Å². The zero-order valence-corrected chi connectivity index (χ0v) is 5.69. The van der Waals surface area contributed by atoms with Crippen LogP contribution in [0.25, 0.3) is 0 Å². The summed E-state index contributed by atoms with van der Waals surface area (Å²) in [5.41, 5.74) is 0. The first-order valence-electron chi connectivity index (χ1n) is 3.88. The number of piperidine rings is 1. The van der Waals surface area contributed by atoms with Crippen molar-refractivity contribution in [2.45, 2.75) is 6.42 Å². The van der Waals surface area contributed by atoms with Gasteiger partial charge in [0.1, 0.15) is 0 Å². The van der Waals surface area contributed by atoms with E-state index in [0.29, 0.717) is 0 Å². The van der Waals surface area contributed by atoms with E-state index in [1.807, 2.05) is 0 Å². The number of hydrogen-bond donors (Lipinski definition) is 2. The lowest BCUT2D eigenvalue weighted by atomic mass is 9.90. The van der Waals surface area contributed by atoms with E-state index in [2.05, 4.69) is 10.6 Å². The quantitative estimate of drug-likeness (QED) is 0.470. The molecule has 2 heteroatoms. The van der Waals surface area contributed by atoms with Crippen molar-refractivity contribution in [3.05, 3.63) is 0 Å². The highest BCUT2D eigenvalue weighted by molar-refractivity contribution is 4.85. The fourth-order valence-electron chi connectivity index (χ4n) is 1.94. The zero-order valence-electron chi connectivity index (χ0n) is 5.69. The van der Waals surface area contributed by atoms with Gasteiger partial charge in [-0.3, -0.25) is 0 Å². The minimum Gasteiger partial charge on any atom is -0.316 e. The van der Waals surface area contributed by atoms with Crippen LogP contribution < -0.4 is 10.6 Å². The molecule has 9 heavy (non-hydrogen) atoms. The lowest BCUT2D eigenvalue weighted by molar-refractivity contribution is 0.318. The van der Waals surface area contributed by atoms with Crippen molar-refractivity contribution in [2.24, 2.45) is 11.8 Å². The first-order valence-corrected chi connectivity index (χ1v) is 3.88. The Kier molecular flexibility index (Phi) is 1.44. The highest BCUT2D eigenvalue weighted by atomic mass is 15.0. The fraction of sp³-hybridized carbons (Fsp3) is 1.00. The second kappa shape index (κ2) is 2.27. The molecule has 2 saturated heterocycles. The summed E-state index contributed by atoms with van der Waals surface area (Å²) in [6.45, 7) is 5.00. The summed E-state index contributed by atoms with van der Waals surface area (Å²) < 4.78 is 0. The van der Waals surface area contributed by atoms with Gasteiger partial charge in [-0.2, -0.15) is 0 Å². The molecule has 0 radical (unpaired) electrons. The zero-order chi connectivity index (χ0) is 6.10. The summed E-state index contributed by atoms with van der Waals surface area (Å²) in [5, 5.41) is 6.84. The summed E-state index contributed by atoms with van der Waals surface area (Å²) >= 11 is 0. The van der Waals surface area contributed by atoms with Gasteiger partial charge >= 0.3 is 0 Å². The average molecular weight is 126 g/mol. The Hall–Kier alpha value is -0.0800. The Morgan fingerprint density at radius 2 is 1.67 bits per heavy atom. The summed E-state index contributed by atoms with van der Waals surface area (Å²) in [7, 11) is 0. The highest BCUT2D eigenvalue weighted by Gasteiger charge is 2.28. The monoisotopic (exact) mass is 126 g/mol. The second-order valence-corrected chi connectivity index (χ2v) is 3.17. The van der Waals surface area contributed by atoms with E-state index in [4.69, 9.17) is 0 Å². The first kappa shape index (κ1) is 5.69. The Labute approximate surface area is 56.0 Å². The van der Waals surface area contributed by atoms with Crippen LogP contribution >= 0.6 is 0 Å². The minimum atomic E-state index is 0.943. The largest absolute Gasteiger partial charge is 0.316 e. The van der Waals surface area contributed by atoms with E-state index in [9.17, 15) is 0 Å². The molecule has 2 N–H and O–H groups in total. The molecule has 0 aromatic heterocycles. The molecule has 1 unspecified atom stereocenters. The molecule has 0 saturated carbocycles. The third kappa shape index (κ3) is 0.970. The second-order valence-electron chi connectivity index (χ2n) is 3.17. The van der Waals surface area contributed by atoms with E-state index < -0.39 is 0 Å². The molecule has 0 aliphatic carbocycles. The van der Waals surface area contributed by atoms with Crippen LogP contribution in [0, 0.1) is 11.8 Å². The van der Waals surface area contributed by atoms with E-state index in [-0.39, 0.29) is 0 Å². The summed E-state index contributed by atoms with van der Waals surface area (Å²) in [4.78, 5) is 0. The van der Waals surface area contributed by atoms with Crippen molar-refractivity contribution in [2.75, 3.05) is 26.2 Å². The maximum atomic E-state index is 3.42. The van der Waals surface area contributed by atoms with Gasteiger partial charge in [0.25, 0.3) is 0 Å². The Morgan fingerprint density at radius 3 is 2.56 bits per heavy atom.